The fraction of sp³-hybridized carbons (Fsp3) is 0.286. The first-order valence-corrected chi connectivity index (χ1v) is 4.69. The van der Waals surface area contributed by atoms with Crippen LogP contribution in [0.25, 0.3) is 0 Å². The Balaban J connectivity index is 3.48. The van der Waals surface area contributed by atoms with E-state index in [4.69, 9.17) is 5.11 Å². The van der Waals surface area contributed by atoms with E-state index >= 15 is 0 Å². The molecule has 0 atom stereocenters. The minimum Gasteiger partial charge on any atom is -0.480 e. The number of halogens is 1. The molecule has 1 aromatic rings. The molecule has 0 aliphatic heterocycles. The van der Waals surface area contributed by atoms with Crippen molar-refractivity contribution in [3.63, 3.8) is 0 Å². The molecule has 0 aliphatic rings. The number of carboxylic acids is 1. The van der Waals surface area contributed by atoms with Crippen molar-refractivity contribution in [2.75, 3.05) is 0 Å². The Morgan fingerprint density at radius 3 is 2.64 bits per heavy atom. The summed E-state index contributed by atoms with van der Waals surface area (Å²) >= 11 is 1.75. The van der Waals surface area contributed by atoms with Crippen LogP contribution in [-0.4, -0.2) is 20.2 Å². The summed E-state index contributed by atoms with van der Waals surface area (Å²) in [6.07, 6.45) is 1.36. The lowest BCUT2D eigenvalue weighted by Gasteiger charge is -2.04. The second-order valence-electron chi connectivity index (χ2n) is 2.66. The van der Waals surface area contributed by atoms with E-state index < -0.39 is 23.8 Å². The van der Waals surface area contributed by atoms with Gasteiger partial charge in [0.1, 0.15) is 6.54 Å². The number of hydrogen-bond donors (Lipinski definition) is 1. The van der Waals surface area contributed by atoms with E-state index in [1.165, 1.54) is 17.8 Å². The van der Waals surface area contributed by atoms with Gasteiger partial charge in [-0.25, -0.2) is 9.36 Å². The molecular weight excluding hydrogens is 303 g/mol. The lowest BCUT2D eigenvalue weighted by atomic mass is 10.5. The van der Waals surface area contributed by atoms with Crippen LogP contribution in [0.1, 0.15) is 0 Å². The van der Waals surface area contributed by atoms with Gasteiger partial charge in [-0.1, -0.05) is 0 Å². The number of aliphatic carboxylic acids is 1. The van der Waals surface area contributed by atoms with Crippen LogP contribution in [0.4, 0.5) is 0 Å². The molecule has 0 aliphatic carbocycles. The molecule has 0 spiro atoms. The lowest BCUT2D eigenvalue weighted by Crippen LogP contribution is -2.41. The Kier molecular flexibility index (Phi) is 3.09. The molecule has 0 radical (unpaired) electrons. The zero-order chi connectivity index (χ0) is 10.9. The maximum absolute atomic E-state index is 11.4. The smallest absolute Gasteiger partial charge is 0.331 e. The number of nitrogens with zero attached hydrogens (tertiary/aromatic N) is 2. The second kappa shape index (κ2) is 3.95. The first kappa shape index (κ1) is 11.0. The van der Waals surface area contributed by atoms with E-state index in [9.17, 15) is 14.4 Å². The van der Waals surface area contributed by atoms with Crippen molar-refractivity contribution >= 4 is 28.6 Å². The summed E-state index contributed by atoms with van der Waals surface area (Å²) < 4.78 is 2.17. The molecule has 0 saturated carbocycles. The normalized spacial score (nSPS) is 10.1. The van der Waals surface area contributed by atoms with Gasteiger partial charge in [-0.15, -0.1) is 0 Å². The molecule has 0 unspecified atom stereocenters. The van der Waals surface area contributed by atoms with Gasteiger partial charge in [0.25, 0.3) is 5.56 Å². The van der Waals surface area contributed by atoms with Gasteiger partial charge in [-0.05, 0) is 22.6 Å². The highest BCUT2D eigenvalue weighted by Gasteiger charge is 2.10. The molecule has 1 N–H and O–H groups in total. The summed E-state index contributed by atoms with van der Waals surface area (Å²) in [5, 5.41) is 8.49. The predicted octanol–water partition coefficient (Wildman–Crippen LogP) is -0.764. The van der Waals surface area contributed by atoms with Crippen LogP contribution in [0, 0.1) is 3.57 Å². The average molecular weight is 310 g/mol. The zero-order valence-electron chi connectivity index (χ0n) is 7.23. The Hall–Kier alpha value is -1.12. The van der Waals surface area contributed by atoms with Gasteiger partial charge in [0, 0.05) is 13.2 Å². The van der Waals surface area contributed by atoms with Crippen molar-refractivity contribution in [3.8, 4) is 0 Å². The molecule has 7 heteroatoms. The molecule has 0 saturated heterocycles. The van der Waals surface area contributed by atoms with Gasteiger partial charge in [0.15, 0.2) is 0 Å². The van der Waals surface area contributed by atoms with Gasteiger partial charge < -0.3 is 9.67 Å². The third-order valence-electron chi connectivity index (χ3n) is 1.58. The van der Waals surface area contributed by atoms with E-state index in [1.54, 1.807) is 22.6 Å². The molecule has 0 bridgehead atoms. The summed E-state index contributed by atoms with van der Waals surface area (Å²) in [6.45, 7) is -0.609. The van der Waals surface area contributed by atoms with Crippen LogP contribution < -0.4 is 11.2 Å². The van der Waals surface area contributed by atoms with Gasteiger partial charge >= 0.3 is 11.7 Å². The first-order chi connectivity index (χ1) is 6.43. The summed E-state index contributed by atoms with van der Waals surface area (Å²) in [5.74, 6) is -1.22. The average Bonchev–Trinajstić information content (AvgIpc) is 2.09. The predicted molar refractivity (Wildman–Crippen MR) is 56.3 cm³/mol. The molecule has 76 valence electrons. The fourth-order valence-corrected chi connectivity index (χ4v) is 1.67. The Bertz CT molecular complexity index is 453. The largest absolute Gasteiger partial charge is 0.480 e. The van der Waals surface area contributed by atoms with E-state index in [1.807, 2.05) is 0 Å². The maximum Gasteiger partial charge on any atom is 0.331 e. The standard InChI is InChI=1S/C7H7IN2O4/c1-9-2-4(8)6(13)10(7(9)14)3-5(11)12/h2H,3H2,1H3,(H,11,12). The molecule has 1 rings (SSSR count). The Morgan fingerprint density at radius 1 is 1.57 bits per heavy atom. The quantitative estimate of drug-likeness (QED) is 0.728. The third-order valence-corrected chi connectivity index (χ3v) is 2.32. The van der Waals surface area contributed by atoms with Crippen molar-refractivity contribution in [1.82, 2.24) is 9.13 Å². The molecule has 0 amide bonds. The minimum atomic E-state index is -1.22. The van der Waals surface area contributed by atoms with Gasteiger partial charge in [0.2, 0.25) is 0 Å². The highest BCUT2D eigenvalue weighted by atomic mass is 127. The number of rotatable bonds is 2. The number of aryl methyl sites for hydroxylation is 1. The first-order valence-electron chi connectivity index (χ1n) is 3.61. The van der Waals surface area contributed by atoms with Gasteiger partial charge in [0.05, 0.1) is 3.57 Å². The summed E-state index contributed by atoms with van der Waals surface area (Å²) in [7, 11) is 1.46. The van der Waals surface area contributed by atoms with Crippen LogP contribution in [0.15, 0.2) is 15.8 Å². The van der Waals surface area contributed by atoms with Crippen LogP contribution in [0.5, 0.6) is 0 Å². The van der Waals surface area contributed by atoms with E-state index in [0.29, 0.717) is 8.14 Å². The highest BCUT2D eigenvalue weighted by molar-refractivity contribution is 14.1. The van der Waals surface area contributed by atoms with E-state index in [0.717, 1.165) is 0 Å². The van der Waals surface area contributed by atoms with Crippen molar-refractivity contribution in [2.45, 2.75) is 6.54 Å². The van der Waals surface area contributed by atoms with Gasteiger partial charge in [-0.2, -0.15) is 0 Å². The highest BCUT2D eigenvalue weighted by Crippen LogP contribution is 1.92. The SMILES string of the molecule is Cn1cc(I)c(=O)n(CC(=O)O)c1=O. The topological polar surface area (TPSA) is 81.3 Å². The minimum absolute atomic E-state index is 0.311. The maximum atomic E-state index is 11.4. The number of hydrogen-bond acceptors (Lipinski definition) is 3. The summed E-state index contributed by atoms with van der Waals surface area (Å²) in [4.78, 5) is 33.1. The van der Waals surface area contributed by atoms with Crippen molar-refractivity contribution < 1.29 is 9.90 Å². The van der Waals surface area contributed by atoms with Crippen LogP contribution >= 0.6 is 22.6 Å². The zero-order valence-corrected chi connectivity index (χ0v) is 9.39. The molecule has 6 nitrogen and oxygen atoms in total. The molecule has 1 heterocycles. The monoisotopic (exact) mass is 310 g/mol. The third kappa shape index (κ3) is 2.03. The van der Waals surface area contributed by atoms with Crippen molar-refractivity contribution in [2.24, 2.45) is 7.05 Å². The van der Waals surface area contributed by atoms with Crippen molar-refractivity contribution in [3.05, 3.63) is 30.6 Å². The molecule has 1 aromatic heterocycles. The number of carboxylic acid groups (broad SMARTS) is 1. The lowest BCUT2D eigenvalue weighted by molar-refractivity contribution is -0.137. The summed E-state index contributed by atoms with van der Waals surface area (Å²) in [5.41, 5.74) is -1.20. The fourth-order valence-electron chi connectivity index (χ4n) is 0.961. The van der Waals surface area contributed by atoms with Crippen LogP contribution in [-0.2, 0) is 18.4 Å². The molecule has 0 aromatic carbocycles. The van der Waals surface area contributed by atoms with E-state index in [-0.39, 0.29) is 0 Å². The van der Waals surface area contributed by atoms with Gasteiger partial charge in [-0.3, -0.25) is 9.59 Å². The molecular formula is C7H7IN2O4. The summed E-state index contributed by atoms with van der Waals surface area (Å²) in [6, 6.07) is 0. The second-order valence-corrected chi connectivity index (χ2v) is 3.82. The van der Waals surface area contributed by atoms with E-state index in [2.05, 4.69) is 0 Å². The van der Waals surface area contributed by atoms with Crippen LogP contribution in [0.3, 0.4) is 0 Å². The number of aromatic nitrogens is 2. The molecule has 14 heavy (non-hydrogen) atoms. The molecule has 0 fully saturated rings. The Labute approximate surface area is 91.9 Å². The van der Waals surface area contributed by atoms with Crippen LogP contribution in [0.2, 0.25) is 0 Å². The Morgan fingerprint density at radius 2 is 2.14 bits per heavy atom. The number of carbonyl (C=O) groups is 1. The van der Waals surface area contributed by atoms with Crippen molar-refractivity contribution in [1.29, 1.82) is 0 Å².